The van der Waals surface area contributed by atoms with Crippen LogP contribution in [0.25, 0.3) is 11.4 Å². The molecule has 1 aliphatic heterocycles. The van der Waals surface area contributed by atoms with Crippen molar-refractivity contribution in [1.82, 2.24) is 15.0 Å². The van der Waals surface area contributed by atoms with Crippen molar-refractivity contribution in [2.24, 2.45) is 0 Å². The van der Waals surface area contributed by atoms with Gasteiger partial charge in [-0.15, -0.1) is 0 Å². The van der Waals surface area contributed by atoms with Crippen LogP contribution in [0, 0.1) is 0 Å². The highest BCUT2D eigenvalue weighted by atomic mass is 19.4. The van der Waals surface area contributed by atoms with E-state index in [2.05, 4.69) is 14.7 Å². The SMILES string of the molecule is O=C1CCC(C(F)F)N1Cc1ccc(-c2noc(C(F)(F)F)n2)cc1. The summed E-state index contributed by atoms with van der Waals surface area (Å²) in [5.41, 5.74) is 0.852. The Morgan fingerprint density at radius 2 is 1.92 bits per heavy atom. The number of nitrogens with zero attached hydrogens (tertiary/aromatic N) is 3. The molecular formula is C15H12F5N3O2. The van der Waals surface area contributed by atoms with Gasteiger partial charge in [0.05, 0.1) is 6.04 Å². The van der Waals surface area contributed by atoms with E-state index in [9.17, 15) is 26.7 Å². The van der Waals surface area contributed by atoms with Crippen LogP contribution in [0.3, 0.4) is 0 Å². The van der Waals surface area contributed by atoms with Crippen LogP contribution < -0.4 is 0 Å². The molecule has 2 heterocycles. The second-order valence-corrected chi connectivity index (χ2v) is 5.58. The number of benzene rings is 1. The standard InChI is InChI=1S/C15H12F5N3O2/c16-12(17)10-5-6-11(24)23(10)7-8-1-3-9(4-2-8)13-21-14(25-22-13)15(18,19)20/h1-4,10,12H,5-7H2. The molecule has 2 aromatic rings. The van der Waals surface area contributed by atoms with Crippen LogP contribution >= 0.6 is 0 Å². The first kappa shape index (κ1) is 17.3. The van der Waals surface area contributed by atoms with E-state index >= 15 is 0 Å². The number of carbonyl (C=O) groups is 1. The molecule has 0 N–H and O–H groups in total. The minimum atomic E-state index is -4.73. The number of rotatable bonds is 4. The van der Waals surface area contributed by atoms with Crippen LogP contribution in [0.2, 0.25) is 0 Å². The van der Waals surface area contributed by atoms with Gasteiger partial charge < -0.3 is 9.42 Å². The van der Waals surface area contributed by atoms with E-state index in [1.807, 2.05) is 0 Å². The first-order valence-electron chi connectivity index (χ1n) is 7.33. The van der Waals surface area contributed by atoms with Crippen LogP contribution in [-0.2, 0) is 17.5 Å². The first-order chi connectivity index (χ1) is 11.8. The number of halogens is 5. The van der Waals surface area contributed by atoms with Crippen molar-refractivity contribution in [1.29, 1.82) is 0 Å². The number of carbonyl (C=O) groups excluding carboxylic acids is 1. The third-order valence-corrected chi connectivity index (χ3v) is 3.90. The van der Waals surface area contributed by atoms with Crippen LogP contribution in [-0.4, -0.2) is 33.4 Å². The van der Waals surface area contributed by atoms with Gasteiger partial charge >= 0.3 is 12.1 Å². The summed E-state index contributed by atoms with van der Waals surface area (Å²) in [6, 6.07) is 4.82. The number of likely N-dealkylation sites (tertiary alicyclic amines) is 1. The van der Waals surface area contributed by atoms with Crippen molar-refractivity contribution in [3.05, 3.63) is 35.7 Å². The molecule has 5 nitrogen and oxygen atoms in total. The van der Waals surface area contributed by atoms with Crippen LogP contribution in [0.5, 0.6) is 0 Å². The summed E-state index contributed by atoms with van der Waals surface area (Å²) < 4.78 is 67.4. The van der Waals surface area contributed by atoms with Gasteiger partial charge in [-0.1, -0.05) is 29.4 Å². The third kappa shape index (κ3) is 3.62. The molecule has 25 heavy (non-hydrogen) atoms. The van der Waals surface area contributed by atoms with Crippen LogP contribution in [0.1, 0.15) is 24.3 Å². The van der Waals surface area contributed by atoms with Crippen molar-refractivity contribution in [3.63, 3.8) is 0 Å². The molecule has 0 spiro atoms. The van der Waals surface area contributed by atoms with E-state index in [0.717, 1.165) is 4.90 Å². The number of alkyl halides is 5. The summed E-state index contributed by atoms with van der Waals surface area (Å²) in [4.78, 5) is 16.1. The van der Waals surface area contributed by atoms with Gasteiger partial charge in [-0.2, -0.15) is 18.2 Å². The van der Waals surface area contributed by atoms with Gasteiger partial charge in [0.25, 0.3) is 6.43 Å². The molecule has 0 saturated carbocycles. The zero-order valence-corrected chi connectivity index (χ0v) is 12.6. The number of amides is 1. The first-order valence-corrected chi connectivity index (χ1v) is 7.33. The molecule has 134 valence electrons. The Kier molecular flexibility index (Phi) is 4.44. The van der Waals surface area contributed by atoms with Gasteiger partial charge in [0.15, 0.2) is 0 Å². The number of aromatic nitrogens is 2. The van der Waals surface area contributed by atoms with E-state index in [1.54, 1.807) is 0 Å². The van der Waals surface area contributed by atoms with E-state index in [0.29, 0.717) is 5.56 Å². The molecule has 1 unspecified atom stereocenters. The van der Waals surface area contributed by atoms with Crippen molar-refractivity contribution in [3.8, 4) is 11.4 Å². The zero-order valence-electron chi connectivity index (χ0n) is 12.6. The van der Waals surface area contributed by atoms with Crippen molar-refractivity contribution < 1.29 is 31.3 Å². The molecule has 10 heteroatoms. The summed E-state index contributed by atoms with van der Waals surface area (Å²) in [5.74, 6) is -2.03. The summed E-state index contributed by atoms with van der Waals surface area (Å²) >= 11 is 0. The van der Waals surface area contributed by atoms with Crippen LogP contribution in [0.15, 0.2) is 28.8 Å². The fraction of sp³-hybridized carbons (Fsp3) is 0.400. The van der Waals surface area contributed by atoms with Gasteiger partial charge in [-0.25, -0.2) is 8.78 Å². The highest BCUT2D eigenvalue weighted by Crippen LogP contribution is 2.30. The summed E-state index contributed by atoms with van der Waals surface area (Å²) in [6.07, 6.45) is -7.16. The molecule has 0 bridgehead atoms. The van der Waals surface area contributed by atoms with Crippen molar-refractivity contribution in [2.45, 2.75) is 38.0 Å². The van der Waals surface area contributed by atoms with Gasteiger partial charge in [0.2, 0.25) is 11.7 Å². The Morgan fingerprint density at radius 3 is 2.48 bits per heavy atom. The largest absolute Gasteiger partial charge is 0.471 e. The second-order valence-electron chi connectivity index (χ2n) is 5.58. The van der Waals surface area contributed by atoms with E-state index < -0.39 is 24.5 Å². The Labute approximate surface area is 138 Å². The second kappa shape index (κ2) is 6.41. The number of hydrogen-bond donors (Lipinski definition) is 0. The smallest absolute Gasteiger partial charge is 0.330 e. The average molecular weight is 361 g/mol. The third-order valence-electron chi connectivity index (χ3n) is 3.90. The van der Waals surface area contributed by atoms with Gasteiger partial charge in [-0.05, 0) is 12.0 Å². The maximum atomic E-state index is 12.9. The molecule has 1 atom stereocenters. The molecule has 1 aliphatic rings. The Balaban J connectivity index is 1.74. The minimum Gasteiger partial charge on any atom is -0.330 e. The lowest BCUT2D eigenvalue weighted by Gasteiger charge is -2.24. The molecular weight excluding hydrogens is 349 g/mol. The monoisotopic (exact) mass is 361 g/mol. The van der Waals surface area contributed by atoms with E-state index in [-0.39, 0.29) is 36.7 Å². The Bertz CT molecular complexity index is 757. The number of hydrogen-bond acceptors (Lipinski definition) is 4. The average Bonchev–Trinajstić information content (AvgIpc) is 3.16. The molecule has 0 radical (unpaired) electrons. The molecule has 1 fully saturated rings. The molecule has 1 saturated heterocycles. The lowest BCUT2D eigenvalue weighted by atomic mass is 10.1. The maximum Gasteiger partial charge on any atom is 0.471 e. The highest BCUT2D eigenvalue weighted by Gasteiger charge is 2.39. The Hall–Kier alpha value is -2.52. The molecule has 3 rings (SSSR count). The summed E-state index contributed by atoms with van der Waals surface area (Å²) in [5, 5.41) is 3.26. The molecule has 1 aromatic heterocycles. The van der Waals surface area contributed by atoms with Gasteiger partial charge in [0.1, 0.15) is 0 Å². The van der Waals surface area contributed by atoms with E-state index in [1.165, 1.54) is 24.3 Å². The summed E-state index contributed by atoms with van der Waals surface area (Å²) in [6.45, 7) is 0.00810. The van der Waals surface area contributed by atoms with Crippen molar-refractivity contribution >= 4 is 5.91 Å². The maximum absolute atomic E-state index is 12.9. The topological polar surface area (TPSA) is 59.2 Å². The fourth-order valence-corrected chi connectivity index (χ4v) is 2.63. The normalized spacial score (nSPS) is 18.4. The van der Waals surface area contributed by atoms with Gasteiger partial charge in [-0.3, -0.25) is 4.79 Å². The Morgan fingerprint density at radius 1 is 1.24 bits per heavy atom. The predicted octanol–water partition coefficient (Wildman–Crippen LogP) is 3.51. The lowest BCUT2D eigenvalue weighted by molar-refractivity contribution is -0.159. The van der Waals surface area contributed by atoms with Gasteiger partial charge in [0, 0.05) is 18.5 Å². The molecule has 1 aromatic carbocycles. The van der Waals surface area contributed by atoms with Crippen LogP contribution in [0.4, 0.5) is 22.0 Å². The summed E-state index contributed by atoms with van der Waals surface area (Å²) in [7, 11) is 0. The quantitative estimate of drug-likeness (QED) is 0.782. The predicted molar refractivity (Wildman–Crippen MR) is 74.3 cm³/mol. The fourth-order valence-electron chi connectivity index (χ4n) is 2.63. The minimum absolute atomic E-state index is 0.00810. The molecule has 0 aliphatic carbocycles. The zero-order chi connectivity index (χ0) is 18.2. The molecule has 1 amide bonds. The highest BCUT2D eigenvalue weighted by molar-refractivity contribution is 5.78. The van der Waals surface area contributed by atoms with E-state index in [4.69, 9.17) is 0 Å². The van der Waals surface area contributed by atoms with Crippen molar-refractivity contribution in [2.75, 3.05) is 0 Å². The lowest BCUT2D eigenvalue weighted by Crippen LogP contribution is -2.37.